The van der Waals surface area contributed by atoms with E-state index >= 15 is 0 Å². The van der Waals surface area contributed by atoms with Crippen molar-refractivity contribution in [3.63, 3.8) is 0 Å². The van der Waals surface area contributed by atoms with Gasteiger partial charge in [0.05, 0.1) is 12.5 Å². The Bertz CT molecular complexity index is 418. The third-order valence-electron chi connectivity index (χ3n) is 7.86. The Balaban J connectivity index is 1.98. The maximum absolute atomic E-state index is 12.5. The highest BCUT2D eigenvalue weighted by atomic mass is 16.5. The summed E-state index contributed by atoms with van der Waals surface area (Å²) in [6.45, 7) is 7.16. The Labute approximate surface area is 130 Å². The van der Waals surface area contributed by atoms with Crippen LogP contribution in [0.3, 0.4) is 0 Å². The number of rotatable bonds is 1. The van der Waals surface area contributed by atoms with Crippen molar-refractivity contribution < 1.29 is 9.53 Å². The summed E-state index contributed by atoms with van der Waals surface area (Å²) in [4.78, 5) is 12.5. The fourth-order valence-corrected chi connectivity index (χ4v) is 6.52. The number of ether oxygens (including phenoxy) is 1. The highest BCUT2D eigenvalue weighted by molar-refractivity contribution is 5.77. The van der Waals surface area contributed by atoms with Crippen molar-refractivity contribution in [2.24, 2.45) is 34.5 Å². The molecule has 0 amide bonds. The van der Waals surface area contributed by atoms with Gasteiger partial charge in [0.1, 0.15) is 0 Å². The summed E-state index contributed by atoms with van der Waals surface area (Å²) in [5, 5.41) is 0. The average molecular weight is 292 g/mol. The molecule has 0 radical (unpaired) electrons. The second-order valence-electron chi connectivity index (χ2n) is 8.50. The molecule has 0 aromatic carbocycles. The van der Waals surface area contributed by atoms with Gasteiger partial charge in [0.2, 0.25) is 0 Å². The lowest BCUT2D eigenvalue weighted by Gasteiger charge is -2.62. The van der Waals surface area contributed by atoms with Gasteiger partial charge in [-0.25, -0.2) is 0 Å². The van der Waals surface area contributed by atoms with Crippen molar-refractivity contribution in [2.45, 2.75) is 72.1 Å². The smallest absolute Gasteiger partial charge is 0.311 e. The first-order valence-electron chi connectivity index (χ1n) is 9.03. The van der Waals surface area contributed by atoms with Crippen LogP contribution in [0.5, 0.6) is 0 Å². The molecular formula is C19H32O2. The number of carbonyl (C=O) groups is 1. The molecule has 120 valence electrons. The molecule has 0 unspecified atom stereocenters. The normalized spacial score (nSPS) is 49.9. The molecule has 3 rings (SSSR count). The van der Waals surface area contributed by atoms with Crippen LogP contribution >= 0.6 is 0 Å². The minimum Gasteiger partial charge on any atom is -0.469 e. The highest BCUT2D eigenvalue weighted by Gasteiger charge is 2.61. The molecule has 2 heteroatoms. The third-order valence-corrected chi connectivity index (χ3v) is 7.86. The van der Waals surface area contributed by atoms with Crippen LogP contribution in [0.2, 0.25) is 0 Å². The van der Waals surface area contributed by atoms with Crippen molar-refractivity contribution in [3.8, 4) is 0 Å². The second-order valence-corrected chi connectivity index (χ2v) is 8.50. The van der Waals surface area contributed by atoms with Gasteiger partial charge < -0.3 is 4.74 Å². The van der Waals surface area contributed by atoms with E-state index in [0.29, 0.717) is 11.3 Å². The summed E-state index contributed by atoms with van der Waals surface area (Å²) >= 11 is 0. The molecule has 6 atom stereocenters. The third kappa shape index (κ3) is 2.08. The summed E-state index contributed by atoms with van der Waals surface area (Å²) in [5.41, 5.74) is 0.0863. The van der Waals surface area contributed by atoms with E-state index in [1.807, 2.05) is 0 Å². The molecule has 3 fully saturated rings. The zero-order valence-electron chi connectivity index (χ0n) is 14.3. The van der Waals surface area contributed by atoms with E-state index in [1.54, 1.807) is 7.11 Å². The SMILES string of the molecule is COC(=O)[C@]1(C)CC[C@H](C)[C@@]2(C)[C@@H]3CCCC[C@H]3CC[C@H]21. The lowest BCUT2D eigenvalue weighted by Crippen LogP contribution is -2.58. The number of hydrogen-bond donors (Lipinski definition) is 0. The van der Waals surface area contributed by atoms with Crippen molar-refractivity contribution in [2.75, 3.05) is 7.11 Å². The Hall–Kier alpha value is -0.530. The van der Waals surface area contributed by atoms with Crippen molar-refractivity contribution in [1.82, 2.24) is 0 Å². The monoisotopic (exact) mass is 292 g/mol. The quantitative estimate of drug-likeness (QED) is 0.648. The molecule has 0 aromatic rings. The molecular weight excluding hydrogens is 260 g/mol. The van der Waals surface area contributed by atoms with Gasteiger partial charge in [0.15, 0.2) is 0 Å². The van der Waals surface area contributed by atoms with Gasteiger partial charge in [-0.1, -0.05) is 33.1 Å². The first-order chi connectivity index (χ1) is 9.94. The molecule has 0 heterocycles. The Morgan fingerprint density at radius 2 is 1.76 bits per heavy atom. The highest BCUT2D eigenvalue weighted by Crippen LogP contribution is 2.65. The molecule has 3 aliphatic carbocycles. The predicted molar refractivity (Wildman–Crippen MR) is 84.8 cm³/mol. The summed E-state index contributed by atoms with van der Waals surface area (Å²) in [6.07, 6.45) is 10.4. The maximum Gasteiger partial charge on any atom is 0.311 e. The number of esters is 1. The minimum absolute atomic E-state index is 0.0416. The first-order valence-corrected chi connectivity index (χ1v) is 9.03. The van der Waals surface area contributed by atoms with Gasteiger partial charge >= 0.3 is 5.97 Å². The van der Waals surface area contributed by atoms with Gasteiger partial charge in [0, 0.05) is 0 Å². The topological polar surface area (TPSA) is 26.3 Å². The van der Waals surface area contributed by atoms with Crippen LogP contribution in [0.1, 0.15) is 72.1 Å². The van der Waals surface area contributed by atoms with E-state index in [2.05, 4.69) is 20.8 Å². The number of hydrogen-bond acceptors (Lipinski definition) is 2. The average Bonchev–Trinajstić information content (AvgIpc) is 2.51. The molecule has 3 aliphatic rings. The molecule has 0 spiro atoms. The van der Waals surface area contributed by atoms with Crippen LogP contribution in [-0.2, 0) is 9.53 Å². The Morgan fingerprint density at radius 3 is 2.48 bits per heavy atom. The van der Waals surface area contributed by atoms with Crippen LogP contribution in [-0.4, -0.2) is 13.1 Å². The Morgan fingerprint density at radius 1 is 1.05 bits per heavy atom. The van der Waals surface area contributed by atoms with E-state index in [1.165, 1.54) is 44.9 Å². The second kappa shape index (κ2) is 5.28. The Kier molecular flexibility index (Phi) is 3.86. The largest absolute Gasteiger partial charge is 0.469 e. The number of methoxy groups -OCH3 is 1. The lowest BCUT2D eigenvalue weighted by molar-refractivity contribution is -0.184. The zero-order chi connectivity index (χ0) is 15.3. The van der Waals surface area contributed by atoms with Crippen LogP contribution in [0.15, 0.2) is 0 Å². The van der Waals surface area contributed by atoms with Crippen LogP contribution in [0.4, 0.5) is 0 Å². The molecule has 0 saturated heterocycles. The number of carbonyl (C=O) groups excluding carboxylic acids is 1. The van der Waals surface area contributed by atoms with E-state index in [-0.39, 0.29) is 11.4 Å². The standard InChI is InChI=1S/C19H32O2/c1-13-11-12-18(2,17(20)21-4)16-10-9-14-7-5-6-8-15(14)19(13,16)3/h13-16H,5-12H2,1-4H3/t13-,14-,15+,16-,18+,19-/m0/s1. The van der Waals surface area contributed by atoms with E-state index in [9.17, 15) is 4.79 Å². The zero-order valence-corrected chi connectivity index (χ0v) is 14.3. The van der Waals surface area contributed by atoms with Crippen LogP contribution in [0.25, 0.3) is 0 Å². The van der Waals surface area contributed by atoms with Gasteiger partial charge in [-0.15, -0.1) is 0 Å². The summed E-state index contributed by atoms with van der Waals surface area (Å²) in [7, 11) is 1.56. The summed E-state index contributed by atoms with van der Waals surface area (Å²) in [6, 6.07) is 0. The lowest BCUT2D eigenvalue weighted by atomic mass is 9.41. The summed E-state index contributed by atoms with van der Waals surface area (Å²) in [5.74, 6) is 3.05. The first kappa shape index (κ1) is 15.4. The minimum atomic E-state index is -0.252. The van der Waals surface area contributed by atoms with E-state index < -0.39 is 0 Å². The van der Waals surface area contributed by atoms with Crippen molar-refractivity contribution in [1.29, 1.82) is 0 Å². The van der Waals surface area contributed by atoms with Crippen LogP contribution in [0, 0.1) is 34.5 Å². The van der Waals surface area contributed by atoms with E-state index in [0.717, 1.165) is 24.2 Å². The van der Waals surface area contributed by atoms with Crippen LogP contribution < -0.4 is 0 Å². The molecule has 0 N–H and O–H groups in total. The van der Waals surface area contributed by atoms with Crippen molar-refractivity contribution >= 4 is 5.97 Å². The maximum atomic E-state index is 12.5. The van der Waals surface area contributed by atoms with Gasteiger partial charge in [-0.05, 0) is 68.1 Å². The van der Waals surface area contributed by atoms with Gasteiger partial charge in [-0.2, -0.15) is 0 Å². The fraction of sp³-hybridized carbons (Fsp3) is 0.947. The van der Waals surface area contributed by atoms with Crippen molar-refractivity contribution in [3.05, 3.63) is 0 Å². The van der Waals surface area contributed by atoms with Gasteiger partial charge in [0.25, 0.3) is 0 Å². The predicted octanol–water partition coefficient (Wildman–Crippen LogP) is 4.82. The molecule has 2 nitrogen and oxygen atoms in total. The fourth-order valence-electron chi connectivity index (χ4n) is 6.52. The summed E-state index contributed by atoms with van der Waals surface area (Å²) < 4.78 is 5.22. The van der Waals surface area contributed by atoms with E-state index in [4.69, 9.17) is 4.74 Å². The molecule has 0 aliphatic heterocycles. The number of fused-ring (bicyclic) bond motifs is 3. The molecule has 21 heavy (non-hydrogen) atoms. The molecule has 3 saturated carbocycles. The molecule has 0 bridgehead atoms. The molecule has 0 aromatic heterocycles. The van der Waals surface area contributed by atoms with Gasteiger partial charge in [-0.3, -0.25) is 4.79 Å².